The molecule has 114 valence electrons. The number of carbonyl (C=O) groups is 1. The van der Waals surface area contributed by atoms with Crippen LogP contribution in [0.2, 0.25) is 5.02 Å². The van der Waals surface area contributed by atoms with Crippen molar-refractivity contribution in [2.75, 3.05) is 20.7 Å². The van der Waals surface area contributed by atoms with E-state index in [1.54, 1.807) is 6.92 Å². The van der Waals surface area contributed by atoms with E-state index in [1.807, 2.05) is 6.07 Å². The molecule has 0 aromatic heterocycles. The van der Waals surface area contributed by atoms with Crippen molar-refractivity contribution in [3.05, 3.63) is 28.8 Å². The van der Waals surface area contributed by atoms with Crippen LogP contribution in [0.25, 0.3) is 0 Å². The molecule has 8 heteroatoms. The molecule has 0 aliphatic rings. The second-order valence-corrected chi connectivity index (χ2v) is 6.87. The molecule has 0 aliphatic carbocycles. The highest BCUT2D eigenvalue weighted by Crippen LogP contribution is 2.26. The van der Waals surface area contributed by atoms with E-state index in [9.17, 15) is 13.2 Å². The monoisotopic (exact) mass is 330 g/mol. The van der Waals surface area contributed by atoms with Gasteiger partial charge in [0.25, 0.3) is 0 Å². The fourth-order valence-electron chi connectivity index (χ4n) is 1.65. The van der Waals surface area contributed by atoms with Crippen molar-refractivity contribution in [3.8, 4) is 6.07 Å². The lowest BCUT2D eigenvalue weighted by atomic mass is 10.2. The van der Waals surface area contributed by atoms with E-state index in [4.69, 9.17) is 16.9 Å². The summed E-state index contributed by atoms with van der Waals surface area (Å²) in [5, 5.41) is 8.68. The van der Waals surface area contributed by atoms with Crippen LogP contribution < -0.4 is 0 Å². The van der Waals surface area contributed by atoms with E-state index in [2.05, 4.69) is 4.74 Å². The molecule has 0 heterocycles. The van der Waals surface area contributed by atoms with Crippen LogP contribution in [0.1, 0.15) is 17.3 Å². The SMILES string of the molecule is COC(=O)c1ccc(S(=O)(=O)N(C)C[C@H](C)C#N)c(Cl)c1. The third-order valence-corrected chi connectivity index (χ3v) is 5.10. The molecule has 1 aromatic carbocycles. The topological polar surface area (TPSA) is 87.5 Å². The number of carbonyl (C=O) groups excluding carboxylic acids is 1. The summed E-state index contributed by atoms with van der Waals surface area (Å²) in [6.45, 7) is 1.67. The van der Waals surface area contributed by atoms with Crippen molar-refractivity contribution >= 4 is 27.6 Å². The van der Waals surface area contributed by atoms with Gasteiger partial charge in [0.2, 0.25) is 10.0 Å². The lowest BCUT2D eigenvalue weighted by molar-refractivity contribution is 0.0600. The van der Waals surface area contributed by atoms with Gasteiger partial charge in [0, 0.05) is 13.6 Å². The highest BCUT2D eigenvalue weighted by atomic mass is 35.5. The summed E-state index contributed by atoms with van der Waals surface area (Å²) in [6.07, 6.45) is 0. The Morgan fingerprint density at radius 2 is 2.14 bits per heavy atom. The third-order valence-electron chi connectivity index (χ3n) is 2.79. The average Bonchev–Trinajstić information content (AvgIpc) is 2.45. The van der Waals surface area contributed by atoms with Gasteiger partial charge in [-0.15, -0.1) is 0 Å². The zero-order chi connectivity index (χ0) is 16.2. The molecular formula is C13H15ClN2O4S. The predicted molar refractivity (Wildman–Crippen MR) is 77.4 cm³/mol. The van der Waals surface area contributed by atoms with E-state index in [1.165, 1.54) is 32.4 Å². The second kappa shape index (κ2) is 6.89. The molecule has 0 saturated heterocycles. The summed E-state index contributed by atoms with van der Waals surface area (Å²) in [4.78, 5) is 11.2. The summed E-state index contributed by atoms with van der Waals surface area (Å²) in [7, 11) is -1.24. The van der Waals surface area contributed by atoms with Crippen LogP contribution in [0.5, 0.6) is 0 Å². The lowest BCUT2D eigenvalue weighted by Crippen LogP contribution is -2.31. The number of ether oxygens (including phenoxy) is 1. The van der Waals surface area contributed by atoms with Crippen molar-refractivity contribution < 1.29 is 17.9 Å². The number of hydrogen-bond donors (Lipinski definition) is 0. The molecule has 1 aromatic rings. The highest BCUT2D eigenvalue weighted by molar-refractivity contribution is 7.89. The van der Waals surface area contributed by atoms with E-state index < -0.39 is 21.9 Å². The number of sulfonamides is 1. The Kier molecular flexibility index (Phi) is 5.72. The second-order valence-electron chi connectivity index (χ2n) is 4.45. The van der Waals surface area contributed by atoms with E-state index in [-0.39, 0.29) is 22.0 Å². The number of nitrogens with zero attached hydrogens (tertiary/aromatic N) is 2. The number of hydrogen-bond acceptors (Lipinski definition) is 5. The molecule has 0 aliphatic heterocycles. The Morgan fingerprint density at radius 3 is 2.62 bits per heavy atom. The Hall–Kier alpha value is -1.62. The molecule has 1 rings (SSSR count). The number of benzene rings is 1. The first kappa shape index (κ1) is 17.4. The normalized spacial score (nSPS) is 12.8. The molecule has 0 saturated carbocycles. The van der Waals surface area contributed by atoms with Gasteiger partial charge in [-0.2, -0.15) is 9.57 Å². The summed E-state index contributed by atoms with van der Waals surface area (Å²) < 4.78 is 30.3. The minimum absolute atomic E-state index is 0.0495. The third kappa shape index (κ3) is 3.94. The van der Waals surface area contributed by atoms with Crippen LogP contribution in [-0.4, -0.2) is 39.4 Å². The first-order valence-electron chi connectivity index (χ1n) is 5.97. The van der Waals surface area contributed by atoms with Crippen molar-refractivity contribution in [1.82, 2.24) is 4.31 Å². The molecule has 0 amide bonds. The Balaban J connectivity index is 3.15. The predicted octanol–water partition coefficient (Wildman–Crippen LogP) is 1.91. The lowest BCUT2D eigenvalue weighted by Gasteiger charge is -2.19. The molecule has 0 fully saturated rings. The number of rotatable bonds is 5. The summed E-state index contributed by atoms with van der Waals surface area (Å²) in [5.74, 6) is -1.05. The minimum atomic E-state index is -3.83. The minimum Gasteiger partial charge on any atom is -0.465 e. The zero-order valence-corrected chi connectivity index (χ0v) is 13.4. The van der Waals surface area contributed by atoms with Gasteiger partial charge in [-0.3, -0.25) is 0 Å². The Bertz CT molecular complexity index is 682. The number of methoxy groups -OCH3 is 1. The molecule has 21 heavy (non-hydrogen) atoms. The summed E-state index contributed by atoms with van der Waals surface area (Å²) in [5.41, 5.74) is 0.162. The molecule has 0 bridgehead atoms. The van der Waals surface area contributed by atoms with Gasteiger partial charge in [0.1, 0.15) is 4.90 Å². The fraction of sp³-hybridized carbons (Fsp3) is 0.385. The first-order chi connectivity index (χ1) is 9.73. The Labute approximate surface area is 128 Å². The maximum Gasteiger partial charge on any atom is 0.337 e. The standard InChI is InChI=1S/C13H15ClN2O4S/c1-9(7-15)8-16(2)21(18,19)12-5-4-10(6-11(12)14)13(17)20-3/h4-6,9H,8H2,1-3H3/t9-/m1/s1. The smallest absolute Gasteiger partial charge is 0.337 e. The van der Waals surface area contributed by atoms with Gasteiger partial charge in [-0.25, -0.2) is 13.2 Å². The zero-order valence-electron chi connectivity index (χ0n) is 11.8. The highest BCUT2D eigenvalue weighted by Gasteiger charge is 2.25. The number of esters is 1. The van der Waals surface area contributed by atoms with E-state index in [0.717, 1.165) is 4.31 Å². The van der Waals surface area contributed by atoms with Crippen molar-refractivity contribution in [2.45, 2.75) is 11.8 Å². The summed E-state index contributed by atoms with van der Waals surface area (Å²) >= 11 is 5.95. The number of nitriles is 1. The molecular weight excluding hydrogens is 316 g/mol. The van der Waals surface area contributed by atoms with Gasteiger partial charge >= 0.3 is 5.97 Å². The number of halogens is 1. The van der Waals surface area contributed by atoms with Gasteiger partial charge in [0.15, 0.2) is 0 Å². The Morgan fingerprint density at radius 1 is 1.52 bits per heavy atom. The van der Waals surface area contributed by atoms with Crippen LogP contribution in [0, 0.1) is 17.2 Å². The maximum atomic E-state index is 12.4. The molecule has 0 N–H and O–H groups in total. The van der Waals surface area contributed by atoms with Crippen molar-refractivity contribution in [1.29, 1.82) is 5.26 Å². The van der Waals surface area contributed by atoms with E-state index >= 15 is 0 Å². The van der Waals surface area contributed by atoms with Gasteiger partial charge in [-0.1, -0.05) is 11.6 Å². The quantitative estimate of drug-likeness (QED) is 0.769. The molecule has 6 nitrogen and oxygen atoms in total. The molecule has 0 radical (unpaired) electrons. The van der Waals surface area contributed by atoms with Crippen LogP contribution in [0.4, 0.5) is 0 Å². The first-order valence-corrected chi connectivity index (χ1v) is 7.79. The van der Waals surface area contributed by atoms with Crippen molar-refractivity contribution in [3.63, 3.8) is 0 Å². The fourth-order valence-corrected chi connectivity index (χ4v) is 3.42. The van der Waals surface area contributed by atoms with Gasteiger partial charge in [0.05, 0.1) is 29.7 Å². The van der Waals surface area contributed by atoms with Crippen LogP contribution >= 0.6 is 11.6 Å². The molecule has 0 spiro atoms. The summed E-state index contributed by atoms with van der Waals surface area (Å²) in [6, 6.07) is 5.78. The molecule has 0 unspecified atom stereocenters. The van der Waals surface area contributed by atoms with Gasteiger partial charge < -0.3 is 4.74 Å². The van der Waals surface area contributed by atoms with Crippen LogP contribution in [-0.2, 0) is 14.8 Å². The van der Waals surface area contributed by atoms with Crippen LogP contribution in [0.15, 0.2) is 23.1 Å². The van der Waals surface area contributed by atoms with Gasteiger partial charge in [-0.05, 0) is 25.1 Å². The molecule has 1 atom stereocenters. The largest absolute Gasteiger partial charge is 0.465 e. The average molecular weight is 331 g/mol. The van der Waals surface area contributed by atoms with E-state index in [0.29, 0.717) is 0 Å². The maximum absolute atomic E-state index is 12.4. The van der Waals surface area contributed by atoms with Crippen LogP contribution in [0.3, 0.4) is 0 Å². The van der Waals surface area contributed by atoms with Crippen molar-refractivity contribution in [2.24, 2.45) is 5.92 Å².